The Morgan fingerprint density at radius 2 is 1.84 bits per heavy atom. The van der Waals surface area contributed by atoms with E-state index in [1.807, 2.05) is 4.90 Å². The largest absolute Gasteiger partial charge is 0.416 e. The highest BCUT2D eigenvalue weighted by Crippen LogP contribution is 2.45. The van der Waals surface area contributed by atoms with Crippen LogP contribution in [0.2, 0.25) is 0 Å². The second kappa shape index (κ2) is 6.20. The van der Waals surface area contributed by atoms with E-state index >= 15 is 0 Å². The number of piperazine rings is 1. The number of alkyl halides is 3. The minimum Gasteiger partial charge on any atom is -0.411 e. The van der Waals surface area contributed by atoms with Crippen molar-refractivity contribution in [2.45, 2.75) is 31.5 Å². The molecule has 3 atom stereocenters. The molecule has 4 rings (SSSR count). The SMILES string of the molecule is ON=C1C2CCC(C2)C1N1CCN(c2cccc(C(F)(F)F)c2)CC1. The summed E-state index contributed by atoms with van der Waals surface area (Å²) < 4.78 is 38.7. The summed E-state index contributed by atoms with van der Waals surface area (Å²) in [6, 6.07) is 5.76. The van der Waals surface area contributed by atoms with Crippen molar-refractivity contribution in [3.63, 3.8) is 0 Å². The lowest BCUT2D eigenvalue weighted by molar-refractivity contribution is -0.137. The Balaban J connectivity index is 1.44. The van der Waals surface area contributed by atoms with Crippen molar-refractivity contribution in [2.75, 3.05) is 31.1 Å². The number of hydrogen-bond donors (Lipinski definition) is 1. The number of hydrogen-bond acceptors (Lipinski definition) is 4. The molecule has 136 valence electrons. The van der Waals surface area contributed by atoms with E-state index in [9.17, 15) is 18.4 Å². The molecule has 0 aromatic heterocycles. The minimum atomic E-state index is -4.31. The lowest BCUT2D eigenvalue weighted by Gasteiger charge is -2.41. The predicted molar refractivity (Wildman–Crippen MR) is 89.1 cm³/mol. The second-order valence-corrected chi connectivity index (χ2v) is 7.31. The summed E-state index contributed by atoms with van der Waals surface area (Å²) in [6.07, 6.45) is -0.905. The first-order valence-corrected chi connectivity index (χ1v) is 8.85. The summed E-state index contributed by atoms with van der Waals surface area (Å²) in [5.74, 6) is 0.984. The molecule has 2 saturated carbocycles. The molecule has 0 spiro atoms. The van der Waals surface area contributed by atoms with Crippen molar-refractivity contribution >= 4 is 11.4 Å². The highest BCUT2D eigenvalue weighted by atomic mass is 19.4. The quantitative estimate of drug-likeness (QED) is 0.654. The van der Waals surface area contributed by atoms with Gasteiger partial charge in [0.25, 0.3) is 0 Å². The molecular formula is C18H22F3N3O. The van der Waals surface area contributed by atoms with Gasteiger partial charge in [0.05, 0.1) is 17.3 Å². The fraction of sp³-hybridized carbons (Fsp3) is 0.611. The molecule has 3 fully saturated rings. The van der Waals surface area contributed by atoms with Gasteiger partial charge >= 0.3 is 6.18 Å². The summed E-state index contributed by atoms with van der Waals surface area (Å²) in [5, 5.41) is 12.9. The van der Waals surface area contributed by atoms with Crippen LogP contribution < -0.4 is 4.90 Å². The van der Waals surface area contributed by atoms with Crippen molar-refractivity contribution in [3.8, 4) is 0 Å². The average molecular weight is 353 g/mol. The van der Waals surface area contributed by atoms with Crippen LogP contribution in [0.25, 0.3) is 0 Å². The maximum atomic E-state index is 12.9. The van der Waals surface area contributed by atoms with Gasteiger partial charge in [0.1, 0.15) is 0 Å². The number of oxime groups is 1. The number of halogens is 3. The molecule has 2 bridgehead atoms. The molecule has 7 heteroatoms. The number of nitrogens with zero attached hydrogens (tertiary/aromatic N) is 3. The maximum absolute atomic E-state index is 12.9. The normalized spacial score (nSPS) is 31.9. The average Bonchev–Trinajstić information content (AvgIpc) is 3.22. The van der Waals surface area contributed by atoms with Gasteiger partial charge in [-0.05, 0) is 43.4 Å². The number of rotatable bonds is 2. The third-order valence-electron chi connectivity index (χ3n) is 6.00. The molecular weight excluding hydrogens is 331 g/mol. The van der Waals surface area contributed by atoms with Gasteiger partial charge in [-0.1, -0.05) is 11.2 Å². The summed E-state index contributed by atoms with van der Waals surface area (Å²) in [5.41, 5.74) is 0.942. The molecule has 1 aromatic carbocycles. The van der Waals surface area contributed by atoms with E-state index in [0.717, 1.165) is 37.7 Å². The summed E-state index contributed by atoms with van der Waals surface area (Å²) >= 11 is 0. The molecule has 4 nitrogen and oxygen atoms in total. The van der Waals surface area contributed by atoms with Crippen molar-refractivity contribution in [2.24, 2.45) is 17.0 Å². The number of anilines is 1. The fourth-order valence-corrected chi connectivity index (χ4v) is 4.82. The first-order valence-electron chi connectivity index (χ1n) is 8.85. The lowest BCUT2D eigenvalue weighted by Crippen LogP contribution is -2.54. The van der Waals surface area contributed by atoms with Gasteiger partial charge in [0.2, 0.25) is 0 Å². The monoisotopic (exact) mass is 353 g/mol. The van der Waals surface area contributed by atoms with E-state index in [4.69, 9.17) is 0 Å². The third kappa shape index (κ3) is 2.99. The molecule has 0 amide bonds. The van der Waals surface area contributed by atoms with Gasteiger partial charge in [0, 0.05) is 37.8 Å². The molecule has 0 radical (unpaired) electrons. The lowest BCUT2D eigenvalue weighted by atomic mass is 9.91. The van der Waals surface area contributed by atoms with Crippen molar-refractivity contribution < 1.29 is 18.4 Å². The van der Waals surface area contributed by atoms with Crippen LogP contribution in [-0.4, -0.2) is 48.0 Å². The Morgan fingerprint density at radius 1 is 1.08 bits per heavy atom. The van der Waals surface area contributed by atoms with Crippen molar-refractivity contribution in [1.82, 2.24) is 4.90 Å². The molecule has 1 N–H and O–H groups in total. The maximum Gasteiger partial charge on any atom is 0.416 e. The number of fused-ring (bicyclic) bond motifs is 2. The van der Waals surface area contributed by atoms with Crippen LogP contribution >= 0.6 is 0 Å². The molecule has 1 aromatic rings. The van der Waals surface area contributed by atoms with Gasteiger partial charge < -0.3 is 10.1 Å². The number of benzene rings is 1. The zero-order valence-electron chi connectivity index (χ0n) is 13.9. The van der Waals surface area contributed by atoms with Crippen molar-refractivity contribution in [1.29, 1.82) is 0 Å². The molecule has 1 aliphatic heterocycles. The van der Waals surface area contributed by atoms with E-state index < -0.39 is 11.7 Å². The first kappa shape index (κ1) is 16.7. The molecule has 2 aliphatic carbocycles. The Labute approximate surface area is 144 Å². The van der Waals surface area contributed by atoms with Crippen LogP contribution in [0, 0.1) is 11.8 Å². The summed E-state index contributed by atoms with van der Waals surface area (Å²) in [4.78, 5) is 4.36. The summed E-state index contributed by atoms with van der Waals surface area (Å²) in [7, 11) is 0. The Morgan fingerprint density at radius 3 is 2.52 bits per heavy atom. The van der Waals surface area contributed by atoms with E-state index in [1.54, 1.807) is 6.07 Å². The zero-order chi connectivity index (χ0) is 17.6. The van der Waals surface area contributed by atoms with Gasteiger partial charge in [-0.3, -0.25) is 4.90 Å². The van der Waals surface area contributed by atoms with E-state index in [2.05, 4.69) is 10.1 Å². The first-order chi connectivity index (χ1) is 12.0. The Bertz CT molecular complexity index is 668. The summed E-state index contributed by atoms with van der Waals surface area (Å²) in [6.45, 7) is 2.94. The second-order valence-electron chi connectivity index (χ2n) is 7.31. The smallest absolute Gasteiger partial charge is 0.411 e. The Kier molecular flexibility index (Phi) is 4.14. The van der Waals surface area contributed by atoms with Crippen LogP contribution in [0.1, 0.15) is 24.8 Å². The molecule has 1 saturated heterocycles. The van der Waals surface area contributed by atoms with Gasteiger partial charge in [0.15, 0.2) is 0 Å². The van der Waals surface area contributed by atoms with Gasteiger partial charge in [-0.15, -0.1) is 0 Å². The zero-order valence-corrected chi connectivity index (χ0v) is 13.9. The highest BCUT2D eigenvalue weighted by Gasteiger charge is 2.48. The van der Waals surface area contributed by atoms with Crippen LogP contribution in [-0.2, 0) is 6.18 Å². The van der Waals surface area contributed by atoms with E-state index in [1.165, 1.54) is 18.6 Å². The molecule has 3 aliphatic rings. The molecule has 3 unspecified atom stereocenters. The van der Waals surface area contributed by atoms with Gasteiger partial charge in [-0.25, -0.2) is 0 Å². The van der Waals surface area contributed by atoms with E-state index in [-0.39, 0.29) is 6.04 Å². The standard InChI is InChI=1S/C18H22F3N3O/c19-18(20,21)14-2-1-3-15(11-14)23-6-8-24(9-7-23)17-13-5-4-12(10-13)16(17)22-25/h1-3,11-13,17,25H,4-10H2. The highest BCUT2D eigenvalue weighted by molar-refractivity contribution is 5.94. The molecule has 25 heavy (non-hydrogen) atoms. The van der Waals surface area contributed by atoms with Crippen LogP contribution in [0.3, 0.4) is 0 Å². The van der Waals surface area contributed by atoms with Gasteiger partial charge in [-0.2, -0.15) is 13.2 Å². The van der Waals surface area contributed by atoms with E-state index in [0.29, 0.717) is 30.6 Å². The fourth-order valence-electron chi connectivity index (χ4n) is 4.82. The topological polar surface area (TPSA) is 39.1 Å². The predicted octanol–water partition coefficient (Wildman–Crippen LogP) is 3.46. The van der Waals surface area contributed by atoms with Crippen LogP contribution in [0.15, 0.2) is 29.4 Å². The molecule has 1 heterocycles. The van der Waals surface area contributed by atoms with Crippen molar-refractivity contribution in [3.05, 3.63) is 29.8 Å². The third-order valence-corrected chi connectivity index (χ3v) is 6.00. The minimum absolute atomic E-state index is 0.215. The van der Waals surface area contributed by atoms with Crippen LogP contribution in [0.4, 0.5) is 18.9 Å². The Hall–Kier alpha value is -1.76. The van der Waals surface area contributed by atoms with Crippen LogP contribution in [0.5, 0.6) is 0 Å².